The Morgan fingerprint density at radius 1 is 0.933 bits per heavy atom. The van der Waals surface area contributed by atoms with Gasteiger partial charge in [0.25, 0.3) is 0 Å². The first kappa shape index (κ1) is 25.5. The summed E-state index contributed by atoms with van der Waals surface area (Å²) in [6.07, 6.45) is 0.226. The van der Waals surface area contributed by atoms with Gasteiger partial charge in [-0.1, -0.05) is 41.5 Å². The summed E-state index contributed by atoms with van der Waals surface area (Å²) in [4.78, 5) is 35.8. The van der Waals surface area contributed by atoms with Crippen molar-refractivity contribution in [2.24, 2.45) is 0 Å². The molecule has 0 heterocycles. The number of nitrogens with one attached hydrogen (secondary N) is 2. The van der Waals surface area contributed by atoms with Gasteiger partial charge in [0.2, 0.25) is 11.8 Å². The van der Waals surface area contributed by atoms with Crippen LogP contribution in [0.5, 0.6) is 11.5 Å². The van der Waals surface area contributed by atoms with E-state index in [1.54, 1.807) is 7.11 Å². The molecule has 0 aliphatic heterocycles. The van der Waals surface area contributed by atoms with Crippen LogP contribution in [0.25, 0.3) is 0 Å². The van der Waals surface area contributed by atoms with Crippen LogP contribution in [0.3, 0.4) is 0 Å². The largest absolute Gasteiger partial charge is 0.497 e. The average molecular weight is 421 g/mol. The lowest BCUT2D eigenvalue weighted by Gasteiger charge is -2.30. The van der Waals surface area contributed by atoms with Crippen LogP contribution in [0, 0.1) is 0 Å². The van der Waals surface area contributed by atoms with E-state index in [0.29, 0.717) is 11.5 Å². The second-order valence-electron chi connectivity index (χ2n) is 9.50. The summed E-state index contributed by atoms with van der Waals surface area (Å²) in [5, 5.41) is 5.26. The molecule has 0 radical (unpaired) electrons. The molecule has 30 heavy (non-hydrogen) atoms. The van der Waals surface area contributed by atoms with E-state index in [4.69, 9.17) is 9.47 Å². The van der Waals surface area contributed by atoms with Crippen molar-refractivity contribution in [3.05, 3.63) is 23.3 Å². The minimum Gasteiger partial charge on any atom is -0.497 e. The summed E-state index contributed by atoms with van der Waals surface area (Å²) >= 11 is 0. The van der Waals surface area contributed by atoms with Gasteiger partial charge in [0.1, 0.15) is 17.5 Å². The fourth-order valence-corrected chi connectivity index (χ4v) is 3.00. The molecule has 0 spiro atoms. The maximum absolute atomic E-state index is 13.1. The Hall–Kier alpha value is -2.57. The van der Waals surface area contributed by atoms with Crippen molar-refractivity contribution < 1.29 is 23.9 Å². The van der Waals surface area contributed by atoms with Gasteiger partial charge in [0.15, 0.2) is 0 Å². The Labute approximate surface area is 179 Å². The minimum atomic E-state index is -0.878. The number of rotatable bonds is 7. The van der Waals surface area contributed by atoms with Crippen LogP contribution in [-0.4, -0.2) is 37.5 Å². The molecule has 168 valence electrons. The van der Waals surface area contributed by atoms with Crippen LogP contribution < -0.4 is 20.1 Å². The standard InChI is InChI=1S/C23H36N2O5/c1-14(26)24-11-10-19(25-15(2)27)21(28)30-20-17(22(3,4)5)12-16(29-9)13-18(20)23(6,7)8/h12-13,19H,10-11H2,1-9H3,(H,24,26)(H,25,27). The Morgan fingerprint density at radius 3 is 1.80 bits per heavy atom. The van der Waals surface area contributed by atoms with E-state index < -0.39 is 12.0 Å². The molecule has 1 aromatic rings. The number of benzene rings is 1. The van der Waals surface area contributed by atoms with Gasteiger partial charge < -0.3 is 20.1 Å². The van der Waals surface area contributed by atoms with Gasteiger partial charge in [-0.25, -0.2) is 4.79 Å². The predicted octanol–water partition coefficient (Wildman–Crippen LogP) is 3.23. The number of carbonyl (C=O) groups is 3. The fraction of sp³-hybridized carbons (Fsp3) is 0.609. The summed E-state index contributed by atoms with van der Waals surface area (Å²) in [7, 11) is 1.61. The lowest BCUT2D eigenvalue weighted by molar-refractivity contribution is -0.139. The summed E-state index contributed by atoms with van der Waals surface area (Å²) < 4.78 is 11.4. The van der Waals surface area contributed by atoms with Gasteiger partial charge in [-0.15, -0.1) is 0 Å². The third-order valence-corrected chi connectivity index (χ3v) is 4.59. The van der Waals surface area contributed by atoms with Crippen molar-refractivity contribution >= 4 is 17.8 Å². The van der Waals surface area contributed by atoms with Gasteiger partial charge in [-0.05, 0) is 29.4 Å². The first-order valence-corrected chi connectivity index (χ1v) is 10.1. The monoisotopic (exact) mass is 420 g/mol. The normalized spacial score (nSPS) is 12.7. The maximum Gasteiger partial charge on any atom is 0.334 e. The number of methoxy groups -OCH3 is 1. The molecule has 1 atom stereocenters. The smallest absolute Gasteiger partial charge is 0.334 e. The molecular weight excluding hydrogens is 384 g/mol. The van der Waals surface area contributed by atoms with Gasteiger partial charge in [0.05, 0.1) is 7.11 Å². The quantitative estimate of drug-likeness (QED) is 0.522. The Morgan fingerprint density at radius 2 is 1.43 bits per heavy atom. The molecule has 1 aromatic carbocycles. The van der Waals surface area contributed by atoms with Crippen LogP contribution in [0.15, 0.2) is 12.1 Å². The van der Waals surface area contributed by atoms with Crippen LogP contribution in [0.1, 0.15) is 72.9 Å². The van der Waals surface area contributed by atoms with Crippen molar-refractivity contribution in [3.63, 3.8) is 0 Å². The topological polar surface area (TPSA) is 93.7 Å². The number of hydrogen-bond acceptors (Lipinski definition) is 5. The van der Waals surface area contributed by atoms with E-state index in [0.717, 1.165) is 11.1 Å². The molecule has 2 amide bonds. The highest BCUT2D eigenvalue weighted by molar-refractivity contribution is 5.85. The molecule has 0 aliphatic rings. The molecule has 7 nitrogen and oxygen atoms in total. The molecule has 0 fully saturated rings. The van der Waals surface area contributed by atoms with Crippen LogP contribution in [0.4, 0.5) is 0 Å². The Balaban J connectivity index is 3.40. The summed E-state index contributed by atoms with van der Waals surface area (Å²) in [6.45, 7) is 15.2. The van der Waals surface area contributed by atoms with Crippen molar-refractivity contribution in [3.8, 4) is 11.5 Å². The molecular formula is C23H36N2O5. The highest BCUT2D eigenvalue weighted by atomic mass is 16.5. The fourth-order valence-electron chi connectivity index (χ4n) is 3.00. The number of ether oxygens (including phenoxy) is 2. The van der Waals surface area contributed by atoms with E-state index in [-0.39, 0.29) is 35.6 Å². The van der Waals surface area contributed by atoms with E-state index in [1.165, 1.54) is 13.8 Å². The maximum atomic E-state index is 13.1. The molecule has 0 aliphatic carbocycles. The molecule has 1 rings (SSSR count). The molecule has 1 unspecified atom stereocenters. The summed E-state index contributed by atoms with van der Waals surface area (Å²) in [5.41, 5.74) is 1.04. The number of amides is 2. The van der Waals surface area contributed by atoms with Gasteiger partial charge in [0, 0.05) is 31.5 Å². The van der Waals surface area contributed by atoms with E-state index >= 15 is 0 Å². The molecule has 0 saturated heterocycles. The average Bonchev–Trinajstić information content (AvgIpc) is 2.58. The zero-order chi connectivity index (χ0) is 23.3. The third kappa shape index (κ3) is 7.35. The van der Waals surface area contributed by atoms with Gasteiger partial charge in [-0.3, -0.25) is 9.59 Å². The number of hydrogen-bond donors (Lipinski definition) is 2. The van der Waals surface area contributed by atoms with Gasteiger partial charge in [-0.2, -0.15) is 0 Å². The van der Waals surface area contributed by atoms with Crippen molar-refractivity contribution in [1.82, 2.24) is 10.6 Å². The van der Waals surface area contributed by atoms with Crippen molar-refractivity contribution in [2.75, 3.05) is 13.7 Å². The first-order valence-electron chi connectivity index (χ1n) is 10.1. The zero-order valence-electron chi connectivity index (χ0n) is 19.7. The van der Waals surface area contributed by atoms with Crippen LogP contribution in [-0.2, 0) is 25.2 Å². The van der Waals surface area contributed by atoms with E-state index in [9.17, 15) is 14.4 Å². The second kappa shape index (κ2) is 9.96. The van der Waals surface area contributed by atoms with E-state index in [1.807, 2.05) is 53.7 Å². The predicted molar refractivity (Wildman–Crippen MR) is 117 cm³/mol. The molecule has 7 heteroatoms. The Kier molecular flexibility index (Phi) is 8.45. The zero-order valence-corrected chi connectivity index (χ0v) is 19.7. The van der Waals surface area contributed by atoms with Crippen molar-refractivity contribution in [2.45, 2.75) is 78.7 Å². The highest BCUT2D eigenvalue weighted by Gasteiger charge is 2.31. The third-order valence-electron chi connectivity index (χ3n) is 4.59. The summed E-state index contributed by atoms with van der Waals surface area (Å²) in [6, 6.07) is 2.88. The lowest BCUT2D eigenvalue weighted by atomic mass is 9.79. The van der Waals surface area contributed by atoms with Crippen LogP contribution in [0.2, 0.25) is 0 Å². The first-order chi connectivity index (χ1) is 13.7. The number of carbonyl (C=O) groups excluding carboxylic acids is 3. The van der Waals surface area contributed by atoms with Gasteiger partial charge >= 0.3 is 5.97 Å². The second-order valence-corrected chi connectivity index (χ2v) is 9.50. The Bertz CT molecular complexity index is 753. The highest BCUT2D eigenvalue weighted by Crippen LogP contribution is 2.42. The summed E-state index contributed by atoms with van der Waals surface area (Å²) in [5.74, 6) is 0.0489. The van der Waals surface area contributed by atoms with Crippen LogP contribution >= 0.6 is 0 Å². The minimum absolute atomic E-state index is 0.204. The molecule has 0 aromatic heterocycles. The number of esters is 1. The molecule has 0 saturated carbocycles. The van der Waals surface area contributed by atoms with Crippen molar-refractivity contribution in [1.29, 1.82) is 0 Å². The lowest BCUT2D eigenvalue weighted by Crippen LogP contribution is -2.44. The SMILES string of the molecule is COc1cc(C(C)(C)C)c(OC(=O)C(CCNC(C)=O)NC(C)=O)c(C(C)(C)C)c1. The molecule has 0 bridgehead atoms. The van der Waals surface area contributed by atoms with E-state index in [2.05, 4.69) is 10.6 Å². The molecule has 2 N–H and O–H groups in total.